The van der Waals surface area contributed by atoms with Gasteiger partial charge in [0.2, 0.25) is 11.8 Å². The molecule has 0 saturated heterocycles. The molecule has 1 heterocycles. The maximum Gasteiger partial charge on any atom is 0.335 e. The molecule has 0 unspecified atom stereocenters. The normalized spacial score (nSPS) is 10.3. The maximum absolute atomic E-state index is 10.9. The topological polar surface area (TPSA) is 93.6 Å². The highest BCUT2D eigenvalue weighted by Crippen LogP contribution is 2.23. The number of carboxylic acids is 1. The van der Waals surface area contributed by atoms with Crippen LogP contribution in [0.3, 0.4) is 0 Å². The Hall–Kier alpha value is -3.45. The molecule has 0 aliphatic rings. The molecule has 2 N–H and O–H groups in total. The lowest BCUT2D eigenvalue weighted by Gasteiger charge is -2.10. The van der Waals surface area contributed by atoms with E-state index >= 15 is 0 Å². The van der Waals surface area contributed by atoms with E-state index < -0.39 is 5.97 Å². The minimum Gasteiger partial charge on any atom is -0.478 e. The maximum atomic E-state index is 10.9. The van der Waals surface area contributed by atoms with E-state index in [0.29, 0.717) is 29.9 Å². The summed E-state index contributed by atoms with van der Waals surface area (Å²) in [5.41, 5.74) is 1.68. The first kappa shape index (κ1) is 17.4. The van der Waals surface area contributed by atoms with Crippen molar-refractivity contribution in [1.29, 1.82) is 0 Å². The highest BCUT2D eigenvalue weighted by atomic mass is 16.5. The van der Waals surface area contributed by atoms with Crippen LogP contribution in [0, 0.1) is 0 Å². The van der Waals surface area contributed by atoms with E-state index in [1.165, 1.54) is 12.1 Å². The van der Waals surface area contributed by atoms with Crippen molar-refractivity contribution in [1.82, 2.24) is 9.97 Å². The molecule has 3 aromatic rings. The largest absolute Gasteiger partial charge is 0.478 e. The second-order valence-electron chi connectivity index (χ2n) is 5.38. The van der Waals surface area contributed by atoms with Crippen molar-refractivity contribution in [2.75, 3.05) is 12.4 Å². The summed E-state index contributed by atoms with van der Waals surface area (Å²) in [5.74, 6) is 0.189. The van der Waals surface area contributed by atoms with Gasteiger partial charge in [0.25, 0.3) is 0 Å². The monoisotopic (exact) mass is 351 g/mol. The molecule has 2 aromatic carbocycles. The number of nitrogens with zero attached hydrogens (tertiary/aromatic N) is 2. The molecule has 1 aromatic heterocycles. The van der Waals surface area contributed by atoms with Crippen LogP contribution in [0.15, 0.2) is 60.7 Å². The minimum atomic E-state index is -0.990. The molecule has 132 valence electrons. The number of carbonyl (C=O) groups is 1. The molecule has 0 radical (unpaired) electrons. The SMILES string of the molecule is COCc1cc(Oc2ccc(C(=O)O)cc2)nc(Nc2ccccc2)n1. The molecule has 0 saturated carbocycles. The second kappa shape index (κ2) is 8.09. The summed E-state index contributed by atoms with van der Waals surface area (Å²) in [7, 11) is 1.58. The van der Waals surface area contributed by atoms with Crippen LogP contribution in [-0.4, -0.2) is 28.2 Å². The number of methoxy groups -OCH3 is 1. The summed E-state index contributed by atoms with van der Waals surface area (Å²) >= 11 is 0. The van der Waals surface area contributed by atoms with Crippen molar-refractivity contribution in [3.05, 3.63) is 71.9 Å². The van der Waals surface area contributed by atoms with Gasteiger partial charge >= 0.3 is 5.97 Å². The van der Waals surface area contributed by atoms with E-state index in [1.807, 2.05) is 30.3 Å². The van der Waals surface area contributed by atoms with Gasteiger partial charge in [-0.25, -0.2) is 9.78 Å². The van der Waals surface area contributed by atoms with Gasteiger partial charge in [0, 0.05) is 18.9 Å². The number of carboxylic acid groups (broad SMARTS) is 1. The Balaban J connectivity index is 1.84. The number of hydrogen-bond donors (Lipinski definition) is 2. The van der Waals surface area contributed by atoms with Crippen LogP contribution < -0.4 is 10.1 Å². The standard InChI is InChI=1S/C19H17N3O4/c1-25-12-15-11-17(26-16-9-7-13(8-10-16)18(23)24)22-19(21-15)20-14-5-3-2-4-6-14/h2-11H,12H2,1H3,(H,23,24)(H,20,21,22). The average molecular weight is 351 g/mol. The molecular weight excluding hydrogens is 334 g/mol. The quantitative estimate of drug-likeness (QED) is 0.667. The predicted molar refractivity (Wildman–Crippen MR) is 95.9 cm³/mol. The van der Waals surface area contributed by atoms with Gasteiger partial charge in [0.05, 0.1) is 17.9 Å². The molecule has 7 heteroatoms. The van der Waals surface area contributed by atoms with Crippen molar-refractivity contribution in [3.63, 3.8) is 0 Å². The Morgan fingerprint density at radius 2 is 1.81 bits per heavy atom. The molecule has 3 rings (SSSR count). The third-order valence-electron chi connectivity index (χ3n) is 3.40. The van der Waals surface area contributed by atoms with E-state index in [2.05, 4.69) is 15.3 Å². The fraction of sp³-hybridized carbons (Fsp3) is 0.105. The van der Waals surface area contributed by atoms with Crippen molar-refractivity contribution >= 4 is 17.6 Å². The third kappa shape index (κ3) is 4.55. The van der Waals surface area contributed by atoms with E-state index in [1.54, 1.807) is 25.3 Å². The van der Waals surface area contributed by atoms with E-state index in [9.17, 15) is 4.79 Å². The zero-order valence-electron chi connectivity index (χ0n) is 14.0. The molecule has 0 aliphatic carbocycles. The molecule has 0 atom stereocenters. The molecule has 0 amide bonds. The van der Waals surface area contributed by atoms with Gasteiger partial charge < -0.3 is 19.9 Å². The van der Waals surface area contributed by atoms with E-state index in [-0.39, 0.29) is 5.56 Å². The van der Waals surface area contributed by atoms with Crippen LogP contribution in [0.4, 0.5) is 11.6 Å². The molecule has 0 bridgehead atoms. The molecular formula is C19H17N3O4. The lowest BCUT2D eigenvalue weighted by Crippen LogP contribution is -2.03. The number of anilines is 2. The van der Waals surface area contributed by atoms with Crippen molar-refractivity contribution in [2.24, 2.45) is 0 Å². The number of aromatic nitrogens is 2. The number of aromatic carboxylic acids is 1. The first-order chi connectivity index (χ1) is 12.6. The minimum absolute atomic E-state index is 0.187. The number of nitrogens with one attached hydrogen (secondary N) is 1. The molecule has 0 fully saturated rings. The summed E-state index contributed by atoms with van der Waals surface area (Å²) in [6.07, 6.45) is 0. The smallest absolute Gasteiger partial charge is 0.335 e. The summed E-state index contributed by atoms with van der Waals surface area (Å²) in [4.78, 5) is 19.7. The first-order valence-electron chi connectivity index (χ1n) is 7.84. The van der Waals surface area contributed by atoms with Crippen LogP contribution in [0.25, 0.3) is 0 Å². The zero-order valence-corrected chi connectivity index (χ0v) is 14.0. The average Bonchev–Trinajstić information content (AvgIpc) is 2.63. The number of rotatable bonds is 7. The van der Waals surface area contributed by atoms with Crippen LogP contribution in [0.5, 0.6) is 11.6 Å². The Morgan fingerprint density at radius 3 is 2.46 bits per heavy atom. The Morgan fingerprint density at radius 1 is 1.08 bits per heavy atom. The Kier molecular flexibility index (Phi) is 5.40. The van der Waals surface area contributed by atoms with Crippen LogP contribution in [0.1, 0.15) is 16.1 Å². The van der Waals surface area contributed by atoms with Crippen LogP contribution in [-0.2, 0) is 11.3 Å². The highest BCUT2D eigenvalue weighted by molar-refractivity contribution is 5.87. The van der Waals surface area contributed by atoms with Crippen molar-refractivity contribution in [2.45, 2.75) is 6.61 Å². The highest BCUT2D eigenvalue weighted by Gasteiger charge is 2.08. The van der Waals surface area contributed by atoms with Gasteiger partial charge in [-0.3, -0.25) is 0 Å². The number of ether oxygens (including phenoxy) is 2. The van der Waals surface area contributed by atoms with Gasteiger partial charge in [0.15, 0.2) is 0 Å². The molecule has 0 aliphatic heterocycles. The van der Waals surface area contributed by atoms with Crippen molar-refractivity contribution < 1.29 is 19.4 Å². The molecule has 26 heavy (non-hydrogen) atoms. The fourth-order valence-corrected chi connectivity index (χ4v) is 2.24. The van der Waals surface area contributed by atoms with E-state index in [4.69, 9.17) is 14.6 Å². The molecule has 7 nitrogen and oxygen atoms in total. The summed E-state index contributed by atoms with van der Waals surface area (Å²) in [6.45, 7) is 0.306. The van der Waals surface area contributed by atoms with Gasteiger partial charge in [-0.1, -0.05) is 18.2 Å². The number of para-hydroxylation sites is 1. The number of hydrogen-bond acceptors (Lipinski definition) is 6. The van der Waals surface area contributed by atoms with Gasteiger partial charge in [-0.2, -0.15) is 4.98 Å². The van der Waals surface area contributed by atoms with Gasteiger partial charge in [-0.15, -0.1) is 0 Å². The van der Waals surface area contributed by atoms with E-state index in [0.717, 1.165) is 5.69 Å². The summed E-state index contributed by atoms with van der Waals surface area (Å²) in [6, 6.07) is 17.3. The zero-order chi connectivity index (χ0) is 18.4. The summed E-state index contributed by atoms with van der Waals surface area (Å²) in [5, 5.41) is 12.1. The lowest BCUT2D eigenvalue weighted by molar-refractivity contribution is 0.0697. The van der Waals surface area contributed by atoms with Crippen LogP contribution >= 0.6 is 0 Å². The van der Waals surface area contributed by atoms with Gasteiger partial charge in [-0.05, 0) is 36.4 Å². The second-order valence-corrected chi connectivity index (χ2v) is 5.38. The fourth-order valence-electron chi connectivity index (χ4n) is 2.24. The van der Waals surface area contributed by atoms with Gasteiger partial charge in [0.1, 0.15) is 5.75 Å². The lowest BCUT2D eigenvalue weighted by atomic mass is 10.2. The Bertz CT molecular complexity index is 883. The van der Waals surface area contributed by atoms with Crippen molar-refractivity contribution in [3.8, 4) is 11.6 Å². The summed E-state index contributed by atoms with van der Waals surface area (Å²) < 4.78 is 10.9. The predicted octanol–water partition coefficient (Wildman–Crippen LogP) is 3.86. The van der Waals surface area contributed by atoms with Crippen LogP contribution in [0.2, 0.25) is 0 Å². The third-order valence-corrected chi connectivity index (χ3v) is 3.40. The first-order valence-corrected chi connectivity index (χ1v) is 7.84. The Labute approximate surface area is 150 Å². The number of benzene rings is 2. The molecule has 0 spiro atoms.